The van der Waals surface area contributed by atoms with Gasteiger partial charge < -0.3 is 10.6 Å². The van der Waals surface area contributed by atoms with E-state index in [1.54, 1.807) is 11.8 Å². The normalized spacial score (nSPS) is 10.1. The minimum atomic E-state index is -0.528. The summed E-state index contributed by atoms with van der Waals surface area (Å²) in [5, 5.41) is 5.86. The van der Waals surface area contributed by atoms with E-state index in [9.17, 15) is 8.78 Å². The molecule has 0 saturated carbocycles. The van der Waals surface area contributed by atoms with E-state index >= 15 is 0 Å². The summed E-state index contributed by atoms with van der Waals surface area (Å²) in [6.45, 7) is 0.712. The molecule has 0 amide bonds. The first-order chi connectivity index (χ1) is 8.13. The van der Waals surface area contributed by atoms with Crippen LogP contribution in [-0.2, 0) is 0 Å². The molecule has 94 valence electrons. The standard InChI is InChI=1S/C11H14F2N2S2/c1-17-6-2-5-14-11(16)15-10-7-8(12)3-4-9(10)13/h3-4,7H,2,5-6H2,1H3,(H2,14,15,16). The Balaban J connectivity index is 2.42. The summed E-state index contributed by atoms with van der Waals surface area (Å²) in [7, 11) is 0. The number of benzene rings is 1. The zero-order chi connectivity index (χ0) is 12.7. The molecule has 17 heavy (non-hydrogen) atoms. The van der Waals surface area contributed by atoms with Crippen molar-refractivity contribution in [1.82, 2.24) is 5.32 Å². The Kier molecular flexibility index (Phi) is 6.21. The van der Waals surface area contributed by atoms with Crippen LogP contribution in [0.2, 0.25) is 0 Å². The molecular formula is C11H14F2N2S2. The Labute approximate surface area is 109 Å². The van der Waals surface area contributed by atoms with Crippen LogP contribution >= 0.6 is 24.0 Å². The second-order valence-electron chi connectivity index (χ2n) is 3.35. The molecule has 0 atom stereocenters. The highest BCUT2D eigenvalue weighted by atomic mass is 32.2. The second kappa shape index (κ2) is 7.45. The summed E-state index contributed by atoms with van der Waals surface area (Å²) < 4.78 is 26.1. The highest BCUT2D eigenvalue weighted by Crippen LogP contribution is 2.14. The average Bonchev–Trinajstić information content (AvgIpc) is 2.29. The molecule has 0 aliphatic heterocycles. The van der Waals surface area contributed by atoms with Crippen molar-refractivity contribution in [2.75, 3.05) is 23.9 Å². The van der Waals surface area contributed by atoms with Gasteiger partial charge in [-0.15, -0.1) is 0 Å². The van der Waals surface area contributed by atoms with E-state index in [1.165, 1.54) is 0 Å². The van der Waals surface area contributed by atoms with E-state index in [-0.39, 0.29) is 5.69 Å². The highest BCUT2D eigenvalue weighted by molar-refractivity contribution is 7.98. The molecule has 1 rings (SSSR count). The Morgan fingerprint density at radius 1 is 1.41 bits per heavy atom. The summed E-state index contributed by atoms with van der Waals surface area (Å²) in [4.78, 5) is 0. The first-order valence-electron chi connectivity index (χ1n) is 5.12. The van der Waals surface area contributed by atoms with Crippen LogP contribution < -0.4 is 10.6 Å². The van der Waals surface area contributed by atoms with Crippen LogP contribution in [0.1, 0.15) is 6.42 Å². The number of thiocarbonyl (C=S) groups is 1. The molecular weight excluding hydrogens is 262 g/mol. The zero-order valence-corrected chi connectivity index (χ0v) is 11.1. The minimum absolute atomic E-state index is 0.0485. The predicted octanol–water partition coefficient (Wildman–Crippen LogP) is 3.00. The first-order valence-corrected chi connectivity index (χ1v) is 6.92. The van der Waals surface area contributed by atoms with Gasteiger partial charge in [-0.1, -0.05) is 0 Å². The second-order valence-corrected chi connectivity index (χ2v) is 4.75. The Hall–Kier alpha value is -0.880. The molecule has 0 bridgehead atoms. The third kappa shape index (κ3) is 5.32. The molecule has 0 aromatic heterocycles. The molecule has 6 heteroatoms. The van der Waals surface area contributed by atoms with Gasteiger partial charge in [0, 0.05) is 12.6 Å². The lowest BCUT2D eigenvalue weighted by Gasteiger charge is -2.10. The zero-order valence-electron chi connectivity index (χ0n) is 9.43. The van der Waals surface area contributed by atoms with Gasteiger partial charge in [-0.3, -0.25) is 0 Å². The van der Waals surface area contributed by atoms with Crippen LogP contribution in [0.4, 0.5) is 14.5 Å². The van der Waals surface area contributed by atoms with Crippen molar-refractivity contribution in [2.24, 2.45) is 0 Å². The van der Waals surface area contributed by atoms with Crippen molar-refractivity contribution >= 4 is 34.8 Å². The number of hydrogen-bond acceptors (Lipinski definition) is 2. The van der Waals surface area contributed by atoms with Gasteiger partial charge >= 0.3 is 0 Å². The molecule has 0 heterocycles. The summed E-state index contributed by atoms with van der Waals surface area (Å²) in [6, 6.07) is 3.20. The largest absolute Gasteiger partial charge is 0.362 e. The van der Waals surface area contributed by atoms with Crippen LogP contribution in [-0.4, -0.2) is 23.7 Å². The van der Waals surface area contributed by atoms with E-state index in [0.29, 0.717) is 11.7 Å². The maximum atomic E-state index is 13.3. The molecule has 1 aromatic carbocycles. The maximum absolute atomic E-state index is 13.3. The van der Waals surface area contributed by atoms with Crippen molar-refractivity contribution in [1.29, 1.82) is 0 Å². The van der Waals surface area contributed by atoms with E-state index in [1.807, 2.05) is 6.26 Å². The third-order valence-corrected chi connectivity index (χ3v) is 2.93. The number of anilines is 1. The minimum Gasteiger partial charge on any atom is -0.362 e. The van der Waals surface area contributed by atoms with E-state index < -0.39 is 11.6 Å². The number of thioether (sulfide) groups is 1. The van der Waals surface area contributed by atoms with Crippen LogP contribution in [0, 0.1) is 11.6 Å². The molecule has 0 radical (unpaired) electrons. The molecule has 0 fully saturated rings. The summed E-state index contributed by atoms with van der Waals surface area (Å²) in [5.41, 5.74) is 0.0485. The van der Waals surface area contributed by atoms with Gasteiger partial charge in [0.1, 0.15) is 11.6 Å². The van der Waals surface area contributed by atoms with E-state index in [0.717, 1.165) is 30.4 Å². The topological polar surface area (TPSA) is 24.1 Å². The van der Waals surface area contributed by atoms with Crippen LogP contribution in [0.5, 0.6) is 0 Å². The highest BCUT2D eigenvalue weighted by Gasteiger charge is 2.05. The fourth-order valence-electron chi connectivity index (χ4n) is 1.18. The first kappa shape index (κ1) is 14.2. The Morgan fingerprint density at radius 2 is 2.18 bits per heavy atom. The van der Waals surface area contributed by atoms with Crippen molar-refractivity contribution in [3.63, 3.8) is 0 Å². The average molecular weight is 276 g/mol. The molecule has 1 aromatic rings. The van der Waals surface area contributed by atoms with Crippen LogP contribution in [0.3, 0.4) is 0 Å². The number of rotatable bonds is 5. The SMILES string of the molecule is CSCCCNC(=S)Nc1cc(F)ccc1F. The molecule has 0 saturated heterocycles. The van der Waals surface area contributed by atoms with Gasteiger partial charge in [0.05, 0.1) is 5.69 Å². The lowest BCUT2D eigenvalue weighted by atomic mass is 10.3. The van der Waals surface area contributed by atoms with Gasteiger partial charge in [-0.2, -0.15) is 11.8 Å². The molecule has 0 aliphatic rings. The third-order valence-electron chi connectivity index (χ3n) is 1.99. The molecule has 0 aliphatic carbocycles. The monoisotopic (exact) mass is 276 g/mol. The Morgan fingerprint density at radius 3 is 2.88 bits per heavy atom. The van der Waals surface area contributed by atoms with Gasteiger partial charge in [0.25, 0.3) is 0 Å². The number of halogens is 2. The fraction of sp³-hybridized carbons (Fsp3) is 0.364. The van der Waals surface area contributed by atoms with Gasteiger partial charge in [0.2, 0.25) is 0 Å². The number of hydrogen-bond donors (Lipinski definition) is 2. The van der Waals surface area contributed by atoms with Crippen molar-refractivity contribution in [3.8, 4) is 0 Å². The summed E-state index contributed by atoms with van der Waals surface area (Å²) in [6.07, 6.45) is 2.99. The number of nitrogens with one attached hydrogen (secondary N) is 2. The summed E-state index contributed by atoms with van der Waals surface area (Å²) >= 11 is 6.72. The van der Waals surface area contributed by atoms with Crippen molar-refractivity contribution in [3.05, 3.63) is 29.8 Å². The molecule has 2 nitrogen and oxygen atoms in total. The Bertz CT molecular complexity index is 386. The molecule has 0 unspecified atom stereocenters. The lowest BCUT2D eigenvalue weighted by Crippen LogP contribution is -2.29. The van der Waals surface area contributed by atoms with Gasteiger partial charge in [-0.05, 0) is 42.8 Å². The predicted molar refractivity (Wildman–Crippen MR) is 73.6 cm³/mol. The van der Waals surface area contributed by atoms with Gasteiger partial charge in [0.15, 0.2) is 5.11 Å². The molecule has 0 spiro atoms. The molecule has 2 N–H and O–H groups in total. The van der Waals surface area contributed by atoms with Crippen molar-refractivity contribution < 1.29 is 8.78 Å². The van der Waals surface area contributed by atoms with Crippen LogP contribution in [0.25, 0.3) is 0 Å². The van der Waals surface area contributed by atoms with Gasteiger partial charge in [-0.25, -0.2) is 8.78 Å². The van der Waals surface area contributed by atoms with E-state index in [2.05, 4.69) is 10.6 Å². The van der Waals surface area contributed by atoms with E-state index in [4.69, 9.17) is 12.2 Å². The fourth-order valence-corrected chi connectivity index (χ4v) is 1.82. The smallest absolute Gasteiger partial charge is 0.170 e. The quantitative estimate of drug-likeness (QED) is 0.638. The summed E-state index contributed by atoms with van der Waals surface area (Å²) in [5.74, 6) is 0.00275. The van der Waals surface area contributed by atoms with Crippen molar-refractivity contribution in [2.45, 2.75) is 6.42 Å². The lowest BCUT2D eigenvalue weighted by molar-refractivity contribution is 0.604. The maximum Gasteiger partial charge on any atom is 0.170 e. The van der Waals surface area contributed by atoms with Crippen LogP contribution in [0.15, 0.2) is 18.2 Å².